The fraction of sp³-hybridized carbons (Fsp3) is 0.444. The van der Waals surface area contributed by atoms with E-state index in [4.69, 9.17) is 11.6 Å². The van der Waals surface area contributed by atoms with Gasteiger partial charge in [0.25, 0.3) is 5.91 Å². The zero-order valence-corrected chi connectivity index (χ0v) is 21.8. The third-order valence-corrected chi connectivity index (χ3v) is 7.44. The van der Waals surface area contributed by atoms with E-state index in [-0.39, 0.29) is 5.91 Å². The number of amides is 1. The molecular weight excluding hydrogens is 460 g/mol. The van der Waals surface area contributed by atoms with Crippen LogP contribution < -0.4 is 10.2 Å². The summed E-state index contributed by atoms with van der Waals surface area (Å²) in [5.41, 5.74) is 3.71. The molecule has 1 amide bonds. The van der Waals surface area contributed by atoms with Crippen molar-refractivity contribution in [2.45, 2.75) is 57.8 Å². The van der Waals surface area contributed by atoms with Crippen LogP contribution in [-0.4, -0.2) is 58.6 Å². The van der Waals surface area contributed by atoms with Crippen LogP contribution in [0.25, 0.3) is 0 Å². The number of halogens is 1. The highest BCUT2D eigenvalue weighted by molar-refractivity contribution is 6.31. The second-order valence-electron chi connectivity index (χ2n) is 9.64. The van der Waals surface area contributed by atoms with Crippen molar-refractivity contribution >= 4 is 23.2 Å². The van der Waals surface area contributed by atoms with Gasteiger partial charge in [-0.3, -0.25) is 9.78 Å². The molecule has 1 aliphatic carbocycles. The molecule has 1 N–H and O–H groups in total. The van der Waals surface area contributed by atoms with Crippen LogP contribution in [0.1, 0.15) is 53.0 Å². The molecule has 35 heavy (non-hydrogen) atoms. The molecule has 0 aliphatic heterocycles. The summed E-state index contributed by atoms with van der Waals surface area (Å²) in [6.45, 7) is 3.02. The van der Waals surface area contributed by atoms with Gasteiger partial charge in [-0.1, -0.05) is 11.6 Å². The Balaban J connectivity index is 1.44. The summed E-state index contributed by atoms with van der Waals surface area (Å²) in [5.74, 6) is 0.652. The predicted octanol–water partition coefficient (Wildman–Crippen LogP) is 4.53. The van der Waals surface area contributed by atoms with Crippen molar-refractivity contribution in [1.82, 2.24) is 24.8 Å². The number of nitrogens with one attached hydrogen (secondary N) is 1. The second-order valence-corrected chi connectivity index (χ2v) is 10.1. The number of imidazole rings is 1. The van der Waals surface area contributed by atoms with Crippen molar-refractivity contribution in [2.24, 2.45) is 0 Å². The fourth-order valence-corrected chi connectivity index (χ4v) is 5.23. The first-order valence-corrected chi connectivity index (χ1v) is 12.6. The van der Waals surface area contributed by atoms with Crippen LogP contribution in [0.5, 0.6) is 0 Å². The lowest BCUT2D eigenvalue weighted by atomic mass is 9.89. The van der Waals surface area contributed by atoms with E-state index >= 15 is 0 Å². The minimum atomic E-state index is -0.144. The Hall–Kier alpha value is -2.90. The molecule has 2 aromatic heterocycles. The largest absolute Gasteiger partial charge is 0.371 e. The smallest absolute Gasteiger partial charge is 0.252 e. The number of anilines is 1. The van der Waals surface area contributed by atoms with E-state index in [1.54, 1.807) is 24.7 Å². The molecule has 0 unspecified atom stereocenters. The molecule has 0 bridgehead atoms. The number of carbonyl (C=O) groups excluding carboxylic acids is 1. The number of carbonyl (C=O) groups is 1. The SMILES string of the molecule is Cc1c(C(=O)NCc2nccn2Cc2ccncc2)cc(Cl)cc1N(C)[C@H]1CC[C@H](N(C)C)CC1. The van der Waals surface area contributed by atoms with E-state index in [9.17, 15) is 4.79 Å². The number of hydrogen-bond donors (Lipinski definition) is 1. The molecule has 2 heterocycles. The molecule has 0 atom stereocenters. The normalized spacial score (nSPS) is 18.0. The van der Waals surface area contributed by atoms with Gasteiger partial charge >= 0.3 is 0 Å². The average Bonchev–Trinajstić information content (AvgIpc) is 3.30. The van der Waals surface area contributed by atoms with Gasteiger partial charge in [0.05, 0.1) is 6.54 Å². The summed E-state index contributed by atoms with van der Waals surface area (Å²) in [4.78, 5) is 26.4. The Morgan fingerprint density at radius 3 is 2.46 bits per heavy atom. The zero-order chi connectivity index (χ0) is 24.9. The molecule has 7 nitrogen and oxygen atoms in total. The molecule has 186 valence electrons. The molecule has 3 aromatic rings. The van der Waals surface area contributed by atoms with Gasteiger partial charge in [-0.25, -0.2) is 4.98 Å². The minimum absolute atomic E-state index is 0.144. The highest BCUT2D eigenvalue weighted by Gasteiger charge is 2.27. The van der Waals surface area contributed by atoms with Crippen LogP contribution in [0.15, 0.2) is 49.1 Å². The number of nitrogens with zero attached hydrogens (tertiary/aromatic N) is 5. The van der Waals surface area contributed by atoms with Gasteiger partial charge in [-0.05, 0) is 82.1 Å². The summed E-state index contributed by atoms with van der Waals surface area (Å²) in [6, 6.07) is 8.78. The molecule has 8 heteroatoms. The molecule has 4 rings (SSSR count). The van der Waals surface area contributed by atoms with E-state index in [1.807, 2.05) is 35.9 Å². The standard InChI is InChI=1S/C27H35ClN6O/c1-19-24(15-21(28)16-25(19)33(4)23-7-5-22(6-8-23)32(2)3)27(35)31-17-26-30-13-14-34(26)18-20-9-11-29-12-10-20/h9-16,22-23H,5-8,17-18H2,1-4H3,(H,31,35)/t22-,23-. The van der Waals surface area contributed by atoms with Crippen molar-refractivity contribution in [3.05, 3.63) is 76.6 Å². The number of benzene rings is 1. The first kappa shape index (κ1) is 25.2. The van der Waals surface area contributed by atoms with Gasteiger partial charge in [0, 0.05) is 66.7 Å². The van der Waals surface area contributed by atoms with E-state index in [0.717, 1.165) is 35.5 Å². The molecule has 1 aliphatic rings. The third kappa shape index (κ3) is 6.03. The average molecular weight is 495 g/mol. The number of rotatable bonds is 8. The van der Waals surface area contributed by atoms with Gasteiger partial charge in [0.1, 0.15) is 5.82 Å². The Morgan fingerprint density at radius 1 is 1.09 bits per heavy atom. The fourth-order valence-electron chi connectivity index (χ4n) is 5.02. The van der Waals surface area contributed by atoms with Crippen molar-refractivity contribution in [3.8, 4) is 0 Å². The van der Waals surface area contributed by atoms with Crippen LogP contribution in [0, 0.1) is 6.92 Å². The first-order chi connectivity index (χ1) is 16.8. The van der Waals surface area contributed by atoms with Gasteiger partial charge in [0.15, 0.2) is 0 Å². The molecule has 1 fully saturated rings. The molecule has 1 saturated carbocycles. The Kier molecular flexibility index (Phi) is 8.08. The number of aromatic nitrogens is 3. The maximum absolute atomic E-state index is 13.2. The van der Waals surface area contributed by atoms with E-state index in [0.29, 0.717) is 35.8 Å². The van der Waals surface area contributed by atoms with E-state index < -0.39 is 0 Å². The number of pyridine rings is 1. The maximum atomic E-state index is 13.2. The van der Waals surface area contributed by atoms with Crippen LogP contribution >= 0.6 is 11.6 Å². The Bertz CT molecular complexity index is 1140. The number of hydrogen-bond acceptors (Lipinski definition) is 5. The van der Waals surface area contributed by atoms with Crippen LogP contribution in [-0.2, 0) is 13.1 Å². The predicted molar refractivity (Wildman–Crippen MR) is 141 cm³/mol. The maximum Gasteiger partial charge on any atom is 0.252 e. The van der Waals surface area contributed by atoms with E-state index in [2.05, 4.69) is 46.2 Å². The second kappa shape index (κ2) is 11.2. The lowest BCUT2D eigenvalue weighted by Crippen LogP contribution is -2.40. The van der Waals surface area contributed by atoms with Gasteiger partial charge < -0.3 is 19.7 Å². The molecule has 0 radical (unpaired) electrons. The van der Waals surface area contributed by atoms with Crippen LogP contribution in [0.4, 0.5) is 5.69 Å². The zero-order valence-electron chi connectivity index (χ0n) is 21.0. The summed E-state index contributed by atoms with van der Waals surface area (Å²) >= 11 is 6.49. The minimum Gasteiger partial charge on any atom is -0.371 e. The van der Waals surface area contributed by atoms with Crippen molar-refractivity contribution in [1.29, 1.82) is 0 Å². The molecule has 0 spiro atoms. The molecular formula is C27H35ClN6O. The third-order valence-electron chi connectivity index (χ3n) is 7.22. The van der Waals surface area contributed by atoms with E-state index in [1.165, 1.54) is 12.8 Å². The Labute approximate surface area is 213 Å². The van der Waals surface area contributed by atoms with Gasteiger partial charge in [-0.15, -0.1) is 0 Å². The van der Waals surface area contributed by atoms with Crippen molar-refractivity contribution in [3.63, 3.8) is 0 Å². The topological polar surface area (TPSA) is 66.3 Å². The summed E-state index contributed by atoms with van der Waals surface area (Å²) < 4.78 is 2.03. The van der Waals surface area contributed by atoms with Crippen LogP contribution in [0.2, 0.25) is 5.02 Å². The highest BCUT2D eigenvalue weighted by Crippen LogP contribution is 2.33. The molecule has 0 saturated heterocycles. The monoisotopic (exact) mass is 494 g/mol. The highest BCUT2D eigenvalue weighted by atomic mass is 35.5. The lowest BCUT2D eigenvalue weighted by molar-refractivity contribution is 0.0949. The van der Waals surface area contributed by atoms with Gasteiger partial charge in [0.2, 0.25) is 0 Å². The first-order valence-electron chi connectivity index (χ1n) is 12.2. The lowest BCUT2D eigenvalue weighted by Gasteiger charge is -2.38. The molecule has 1 aromatic carbocycles. The summed E-state index contributed by atoms with van der Waals surface area (Å²) in [7, 11) is 6.44. The van der Waals surface area contributed by atoms with Gasteiger partial charge in [-0.2, -0.15) is 0 Å². The van der Waals surface area contributed by atoms with Crippen molar-refractivity contribution in [2.75, 3.05) is 26.0 Å². The van der Waals surface area contributed by atoms with Crippen LogP contribution in [0.3, 0.4) is 0 Å². The summed E-state index contributed by atoms with van der Waals surface area (Å²) in [5, 5.41) is 3.62. The quantitative estimate of drug-likeness (QED) is 0.498. The Morgan fingerprint density at radius 2 is 1.77 bits per heavy atom. The van der Waals surface area contributed by atoms with Crippen molar-refractivity contribution < 1.29 is 4.79 Å². The summed E-state index contributed by atoms with van der Waals surface area (Å²) in [6.07, 6.45) is 11.9.